The maximum atomic E-state index is 5.49. The third-order valence-electron chi connectivity index (χ3n) is 3.64. The van der Waals surface area contributed by atoms with Gasteiger partial charge in [-0.25, -0.2) is 5.90 Å². The minimum atomic E-state index is 0.547. The van der Waals surface area contributed by atoms with Gasteiger partial charge in [0.2, 0.25) is 0 Å². The summed E-state index contributed by atoms with van der Waals surface area (Å²) in [6.45, 7) is 2.72. The van der Waals surface area contributed by atoms with Crippen LogP contribution in [-0.2, 0) is 24.1 Å². The molecule has 2 rings (SSSR count). The lowest BCUT2D eigenvalue weighted by Crippen LogP contribution is -2.13. The number of ether oxygens (including phenoxy) is 1. The van der Waals surface area contributed by atoms with Crippen molar-refractivity contribution in [1.82, 2.24) is 0 Å². The second-order valence-electron chi connectivity index (χ2n) is 4.66. The molecular weight excluding hydrogens is 214 g/mol. The highest BCUT2D eigenvalue weighted by molar-refractivity contribution is 5.50. The summed E-state index contributed by atoms with van der Waals surface area (Å²) in [5.74, 6) is 6.12. The van der Waals surface area contributed by atoms with E-state index in [1.807, 2.05) is 0 Å². The summed E-state index contributed by atoms with van der Waals surface area (Å²) in [5.41, 5.74) is 5.64. The summed E-state index contributed by atoms with van der Waals surface area (Å²) >= 11 is 0. The Hall–Kier alpha value is -1.06. The fraction of sp³-hybridized carbons (Fsp3) is 0.571. The number of hydrogen-bond donors (Lipinski definition) is 1. The number of benzene rings is 1. The van der Waals surface area contributed by atoms with Gasteiger partial charge in [-0.05, 0) is 60.9 Å². The van der Waals surface area contributed by atoms with Gasteiger partial charge >= 0.3 is 0 Å². The van der Waals surface area contributed by atoms with Crippen LogP contribution in [0, 0.1) is 6.92 Å². The molecule has 94 valence electrons. The predicted octanol–water partition coefficient (Wildman–Crippen LogP) is 2.32. The normalized spacial score (nSPS) is 14.5. The second kappa shape index (κ2) is 5.52. The average Bonchev–Trinajstić information content (AvgIpc) is 2.37. The van der Waals surface area contributed by atoms with Crippen molar-refractivity contribution < 1.29 is 9.57 Å². The van der Waals surface area contributed by atoms with Gasteiger partial charge in [0.05, 0.1) is 13.7 Å². The van der Waals surface area contributed by atoms with Gasteiger partial charge in [-0.3, -0.25) is 0 Å². The number of methoxy groups -OCH3 is 1. The molecule has 1 aliphatic rings. The van der Waals surface area contributed by atoms with E-state index < -0.39 is 0 Å². The maximum Gasteiger partial charge on any atom is 0.122 e. The van der Waals surface area contributed by atoms with Crippen LogP contribution in [0.25, 0.3) is 0 Å². The van der Waals surface area contributed by atoms with E-state index in [1.54, 1.807) is 7.11 Å². The van der Waals surface area contributed by atoms with Crippen LogP contribution < -0.4 is 10.6 Å². The zero-order valence-corrected chi connectivity index (χ0v) is 10.7. The highest BCUT2D eigenvalue weighted by atomic mass is 16.6. The van der Waals surface area contributed by atoms with E-state index >= 15 is 0 Å². The topological polar surface area (TPSA) is 44.5 Å². The van der Waals surface area contributed by atoms with Crippen LogP contribution in [0.15, 0.2) is 6.07 Å². The molecule has 0 bridgehead atoms. The minimum absolute atomic E-state index is 0.547. The molecule has 0 atom stereocenters. The van der Waals surface area contributed by atoms with Crippen LogP contribution in [0.4, 0.5) is 0 Å². The number of fused-ring (bicyclic) bond motifs is 1. The van der Waals surface area contributed by atoms with Gasteiger partial charge in [0.15, 0.2) is 0 Å². The lowest BCUT2D eigenvalue weighted by molar-refractivity contribution is 0.140. The Kier molecular flexibility index (Phi) is 4.02. The maximum absolute atomic E-state index is 5.49. The monoisotopic (exact) mass is 235 g/mol. The molecule has 0 radical (unpaired) electrons. The molecule has 17 heavy (non-hydrogen) atoms. The number of aryl methyl sites for hydroxylation is 1. The van der Waals surface area contributed by atoms with E-state index in [2.05, 4.69) is 13.0 Å². The fourth-order valence-electron chi connectivity index (χ4n) is 2.81. The van der Waals surface area contributed by atoms with Crippen molar-refractivity contribution in [2.24, 2.45) is 5.90 Å². The van der Waals surface area contributed by atoms with E-state index in [0.29, 0.717) is 6.61 Å². The smallest absolute Gasteiger partial charge is 0.122 e. The third kappa shape index (κ3) is 2.45. The molecule has 1 aromatic carbocycles. The van der Waals surface area contributed by atoms with Crippen molar-refractivity contribution in [2.45, 2.75) is 39.0 Å². The molecule has 3 nitrogen and oxygen atoms in total. The molecule has 0 heterocycles. The summed E-state index contributed by atoms with van der Waals surface area (Å²) in [6, 6.07) is 2.15. The van der Waals surface area contributed by atoms with Crippen molar-refractivity contribution in [3.63, 3.8) is 0 Å². The Bertz CT molecular complexity index is 402. The summed E-state index contributed by atoms with van der Waals surface area (Å²) < 4.78 is 5.49. The van der Waals surface area contributed by atoms with Gasteiger partial charge in [-0.1, -0.05) is 0 Å². The molecule has 0 spiro atoms. The van der Waals surface area contributed by atoms with Crippen molar-refractivity contribution in [2.75, 3.05) is 13.7 Å². The molecule has 2 N–H and O–H groups in total. The van der Waals surface area contributed by atoms with Crippen molar-refractivity contribution >= 4 is 0 Å². The summed E-state index contributed by atoms with van der Waals surface area (Å²) in [7, 11) is 1.73. The van der Waals surface area contributed by atoms with Crippen LogP contribution in [0.5, 0.6) is 5.75 Å². The SMILES string of the molecule is COc1cc(C)c2c(c1CCON)CCCC2. The molecule has 1 aromatic rings. The second-order valence-corrected chi connectivity index (χ2v) is 4.66. The van der Waals surface area contributed by atoms with E-state index in [-0.39, 0.29) is 0 Å². The van der Waals surface area contributed by atoms with Crippen molar-refractivity contribution in [3.05, 3.63) is 28.3 Å². The Morgan fingerprint density at radius 2 is 1.94 bits per heavy atom. The summed E-state index contributed by atoms with van der Waals surface area (Å²) in [6.07, 6.45) is 5.76. The predicted molar refractivity (Wildman–Crippen MR) is 68.2 cm³/mol. The average molecular weight is 235 g/mol. The number of rotatable bonds is 4. The van der Waals surface area contributed by atoms with Gasteiger partial charge in [0, 0.05) is 6.42 Å². The Balaban J connectivity index is 2.44. The van der Waals surface area contributed by atoms with Gasteiger partial charge in [-0.15, -0.1) is 0 Å². The van der Waals surface area contributed by atoms with Crippen LogP contribution >= 0.6 is 0 Å². The molecule has 0 saturated heterocycles. The molecular formula is C14H21NO2. The molecule has 0 fully saturated rings. The molecule has 0 saturated carbocycles. The van der Waals surface area contributed by atoms with Gasteiger partial charge in [0.1, 0.15) is 5.75 Å². The van der Waals surface area contributed by atoms with Crippen molar-refractivity contribution in [3.8, 4) is 5.75 Å². The Labute approximate surface area is 103 Å². The summed E-state index contributed by atoms with van der Waals surface area (Å²) in [4.78, 5) is 4.71. The van der Waals surface area contributed by atoms with E-state index in [4.69, 9.17) is 15.5 Å². The quantitative estimate of drug-likeness (QED) is 0.814. The molecule has 0 aromatic heterocycles. The standard InChI is InChI=1S/C14H21NO2/c1-10-9-14(16-2)13(7-8-17-15)12-6-4-3-5-11(10)12/h9H,3-8,15H2,1-2H3. The van der Waals surface area contributed by atoms with Crippen LogP contribution in [0.2, 0.25) is 0 Å². The van der Waals surface area contributed by atoms with Gasteiger partial charge in [0.25, 0.3) is 0 Å². The first-order valence-corrected chi connectivity index (χ1v) is 6.27. The van der Waals surface area contributed by atoms with Gasteiger partial charge in [-0.2, -0.15) is 0 Å². The largest absolute Gasteiger partial charge is 0.496 e. The third-order valence-corrected chi connectivity index (χ3v) is 3.64. The number of nitrogens with two attached hydrogens (primary N) is 1. The van der Waals surface area contributed by atoms with E-state index in [1.165, 1.54) is 41.5 Å². The van der Waals surface area contributed by atoms with Crippen LogP contribution in [-0.4, -0.2) is 13.7 Å². The van der Waals surface area contributed by atoms with E-state index in [9.17, 15) is 0 Å². The minimum Gasteiger partial charge on any atom is -0.496 e. The lowest BCUT2D eigenvalue weighted by Gasteiger charge is -2.23. The highest BCUT2D eigenvalue weighted by Crippen LogP contribution is 2.34. The highest BCUT2D eigenvalue weighted by Gasteiger charge is 2.19. The first-order chi connectivity index (χ1) is 8.27. The first kappa shape index (κ1) is 12.4. The van der Waals surface area contributed by atoms with Crippen LogP contribution in [0.1, 0.15) is 35.1 Å². The molecule has 1 aliphatic carbocycles. The number of hydrogen-bond acceptors (Lipinski definition) is 3. The zero-order chi connectivity index (χ0) is 12.3. The molecule has 0 unspecified atom stereocenters. The lowest BCUT2D eigenvalue weighted by atomic mass is 9.84. The zero-order valence-electron chi connectivity index (χ0n) is 10.7. The molecule has 0 amide bonds. The Morgan fingerprint density at radius 3 is 2.59 bits per heavy atom. The summed E-state index contributed by atoms with van der Waals surface area (Å²) in [5, 5.41) is 0. The molecule has 0 aliphatic heterocycles. The van der Waals surface area contributed by atoms with Gasteiger partial charge < -0.3 is 9.57 Å². The van der Waals surface area contributed by atoms with E-state index in [0.717, 1.165) is 18.6 Å². The van der Waals surface area contributed by atoms with Crippen molar-refractivity contribution in [1.29, 1.82) is 0 Å². The first-order valence-electron chi connectivity index (χ1n) is 6.27. The Morgan fingerprint density at radius 1 is 1.24 bits per heavy atom. The van der Waals surface area contributed by atoms with Crippen LogP contribution in [0.3, 0.4) is 0 Å². The molecule has 3 heteroatoms. The fourth-order valence-corrected chi connectivity index (χ4v) is 2.81.